The molecular formula is C9H11BrClN3. The Bertz CT molecular complexity index is 315. The van der Waals surface area contributed by atoms with E-state index in [9.17, 15) is 0 Å². The Balaban J connectivity index is 1.83. The number of aromatic nitrogens is 2. The molecular weight excluding hydrogens is 265 g/mol. The van der Waals surface area contributed by atoms with Crippen LogP contribution in [0, 0.1) is 5.92 Å². The highest BCUT2D eigenvalue weighted by Gasteiger charge is 2.26. The van der Waals surface area contributed by atoms with Crippen LogP contribution in [0.25, 0.3) is 0 Å². The van der Waals surface area contributed by atoms with Crippen molar-refractivity contribution in [3.8, 4) is 0 Å². The van der Waals surface area contributed by atoms with Crippen LogP contribution in [0.2, 0.25) is 0 Å². The molecule has 5 heteroatoms. The van der Waals surface area contributed by atoms with Gasteiger partial charge in [-0.25, -0.2) is 9.97 Å². The maximum absolute atomic E-state index is 5.89. The molecule has 0 atom stereocenters. The first-order valence-electron chi connectivity index (χ1n) is 4.59. The van der Waals surface area contributed by atoms with Gasteiger partial charge in [-0.05, 0) is 34.7 Å². The van der Waals surface area contributed by atoms with Gasteiger partial charge in [-0.2, -0.15) is 0 Å². The molecule has 1 aromatic heterocycles. The molecule has 0 radical (unpaired) electrons. The fourth-order valence-corrected chi connectivity index (χ4v) is 2.37. The lowest BCUT2D eigenvalue weighted by Gasteiger charge is -2.31. The molecule has 2 rings (SSSR count). The molecule has 1 saturated carbocycles. The van der Waals surface area contributed by atoms with Crippen LogP contribution in [-0.2, 0) is 0 Å². The third kappa shape index (κ3) is 2.36. The van der Waals surface area contributed by atoms with Crippen molar-refractivity contribution in [1.29, 1.82) is 0 Å². The maximum atomic E-state index is 5.89. The van der Waals surface area contributed by atoms with Gasteiger partial charge in [-0.1, -0.05) is 0 Å². The van der Waals surface area contributed by atoms with E-state index < -0.39 is 0 Å². The first-order valence-corrected chi connectivity index (χ1v) is 5.82. The largest absolute Gasteiger partial charge is 0.369 e. The molecule has 1 N–H and O–H groups in total. The van der Waals surface area contributed by atoms with E-state index in [1.165, 1.54) is 6.33 Å². The standard InChI is InChI=1S/C9H11BrClN3/c10-8-4-12-5-14-9(8)13-3-6-1-7(11)2-6/h4-7H,1-3H2,(H,12,13,14). The van der Waals surface area contributed by atoms with Crippen LogP contribution in [-0.4, -0.2) is 21.9 Å². The molecule has 0 aliphatic heterocycles. The van der Waals surface area contributed by atoms with Crippen molar-refractivity contribution in [2.24, 2.45) is 5.92 Å². The fourth-order valence-electron chi connectivity index (χ4n) is 1.50. The summed E-state index contributed by atoms with van der Waals surface area (Å²) in [5.41, 5.74) is 0. The lowest BCUT2D eigenvalue weighted by Crippen LogP contribution is -2.30. The summed E-state index contributed by atoms with van der Waals surface area (Å²) in [7, 11) is 0. The van der Waals surface area contributed by atoms with Crippen LogP contribution in [0.3, 0.4) is 0 Å². The number of alkyl halides is 1. The molecule has 0 saturated heterocycles. The Morgan fingerprint density at radius 3 is 3.00 bits per heavy atom. The van der Waals surface area contributed by atoms with Crippen LogP contribution < -0.4 is 5.32 Å². The molecule has 3 nitrogen and oxygen atoms in total. The van der Waals surface area contributed by atoms with Crippen molar-refractivity contribution in [3.63, 3.8) is 0 Å². The first kappa shape index (κ1) is 10.2. The molecule has 76 valence electrons. The molecule has 0 aromatic carbocycles. The van der Waals surface area contributed by atoms with E-state index in [-0.39, 0.29) is 0 Å². The SMILES string of the molecule is ClC1CC(CNc2ncncc2Br)C1. The van der Waals surface area contributed by atoms with E-state index in [1.54, 1.807) is 6.20 Å². The zero-order valence-corrected chi connectivity index (χ0v) is 9.92. The minimum Gasteiger partial charge on any atom is -0.369 e. The van der Waals surface area contributed by atoms with Gasteiger partial charge in [0.05, 0.1) is 4.47 Å². The van der Waals surface area contributed by atoms with Gasteiger partial charge in [-0.15, -0.1) is 11.6 Å². The number of hydrogen-bond donors (Lipinski definition) is 1. The van der Waals surface area contributed by atoms with E-state index in [2.05, 4.69) is 31.2 Å². The summed E-state index contributed by atoms with van der Waals surface area (Å²) >= 11 is 9.28. The predicted octanol–water partition coefficient (Wildman–Crippen LogP) is 2.67. The molecule has 1 aliphatic carbocycles. The summed E-state index contributed by atoms with van der Waals surface area (Å²) in [4.78, 5) is 8.02. The van der Waals surface area contributed by atoms with E-state index in [1.807, 2.05) is 0 Å². The summed E-state index contributed by atoms with van der Waals surface area (Å²) in [6.07, 6.45) is 5.49. The van der Waals surface area contributed by atoms with Crippen molar-refractivity contribution in [1.82, 2.24) is 9.97 Å². The van der Waals surface area contributed by atoms with Crippen molar-refractivity contribution in [2.45, 2.75) is 18.2 Å². The quantitative estimate of drug-likeness (QED) is 0.863. The Labute approximate surface area is 96.4 Å². The minimum atomic E-state index is 0.385. The normalized spacial score (nSPS) is 25.6. The second-order valence-electron chi connectivity index (χ2n) is 3.53. The van der Waals surface area contributed by atoms with Crippen molar-refractivity contribution in [3.05, 3.63) is 17.0 Å². The second kappa shape index (κ2) is 4.45. The lowest BCUT2D eigenvalue weighted by atomic mass is 9.85. The highest BCUT2D eigenvalue weighted by Crippen LogP contribution is 2.32. The van der Waals surface area contributed by atoms with Crippen molar-refractivity contribution < 1.29 is 0 Å². The van der Waals surface area contributed by atoms with Gasteiger partial charge in [-0.3, -0.25) is 0 Å². The monoisotopic (exact) mass is 275 g/mol. The number of rotatable bonds is 3. The number of nitrogens with one attached hydrogen (secondary N) is 1. The minimum absolute atomic E-state index is 0.385. The molecule has 0 bridgehead atoms. The van der Waals surface area contributed by atoms with Gasteiger partial charge < -0.3 is 5.32 Å². The predicted molar refractivity (Wildman–Crippen MR) is 60.6 cm³/mol. The molecule has 0 spiro atoms. The zero-order chi connectivity index (χ0) is 9.97. The number of anilines is 1. The Hall–Kier alpha value is -0.350. The summed E-state index contributed by atoms with van der Waals surface area (Å²) in [6, 6.07) is 0. The van der Waals surface area contributed by atoms with Crippen LogP contribution >= 0.6 is 27.5 Å². The summed E-state index contributed by atoms with van der Waals surface area (Å²) < 4.78 is 0.904. The average molecular weight is 277 g/mol. The zero-order valence-electron chi connectivity index (χ0n) is 7.58. The van der Waals surface area contributed by atoms with Gasteiger partial charge in [0.2, 0.25) is 0 Å². The molecule has 14 heavy (non-hydrogen) atoms. The number of nitrogens with zero attached hydrogens (tertiary/aromatic N) is 2. The maximum Gasteiger partial charge on any atom is 0.143 e. The average Bonchev–Trinajstić information content (AvgIpc) is 2.13. The van der Waals surface area contributed by atoms with Crippen LogP contribution in [0.5, 0.6) is 0 Å². The van der Waals surface area contributed by atoms with Gasteiger partial charge in [0.15, 0.2) is 0 Å². The molecule has 1 fully saturated rings. The van der Waals surface area contributed by atoms with E-state index >= 15 is 0 Å². The van der Waals surface area contributed by atoms with Crippen LogP contribution in [0.1, 0.15) is 12.8 Å². The fraction of sp³-hybridized carbons (Fsp3) is 0.556. The van der Waals surface area contributed by atoms with Crippen LogP contribution in [0.4, 0.5) is 5.82 Å². The van der Waals surface area contributed by atoms with Gasteiger partial charge >= 0.3 is 0 Å². The van der Waals surface area contributed by atoms with Crippen molar-refractivity contribution in [2.75, 3.05) is 11.9 Å². The van der Waals surface area contributed by atoms with Crippen molar-refractivity contribution >= 4 is 33.3 Å². The second-order valence-corrected chi connectivity index (χ2v) is 5.01. The number of halogens is 2. The highest BCUT2D eigenvalue weighted by molar-refractivity contribution is 9.10. The third-order valence-electron chi connectivity index (χ3n) is 2.40. The molecule has 1 aromatic rings. The van der Waals surface area contributed by atoms with Gasteiger partial charge in [0.1, 0.15) is 12.1 Å². The molecule has 1 heterocycles. The smallest absolute Gasteiger partial charge is 0.143 e. The van der Waals surface area contributed by atoms with E-state index in [4.69, 9.17) is 11.6 Å². The lowest BCUT2D eigenvalue weighted by molar-refractivity contribution is 0.341. The molecule has 1 aliphatic rings. The van der Waals surface area contributed by atoms with Crippen LogP contribution in [0.15, 0.2) is 17.0 Å². The Morgan fingerprint density at radius 2 is 2.36 bits per heavy atom. The van der Waals surface area contributed by atoms with Gasteiger partial charge in [0.25, 0.3) is 0 Å². The van der Waals surface area contributed by atoms with E-state index in [0.29, 0.717) is 11.3 Å². The summed E-state index contributed by atoms with van der Waals surface area (Å²) in [5, 5.41) is 3.66. The topological polar surface area (TPSA) is 37.8 Å². The summed E-state index contributed by atoms with van der Waals surface area (Å²) in [5.74, 6) is 1.55. The summed E-state index contributed by atoms with van der Waals surface area (Å²) in [6.45, 7) is 0.943. The van der Waals surface area contributed by atoms with Gasteiger partial charge in [0, 0.05) is 18.1 Å². The third-order valence-corrected chi connectivity index (χ3v) is 3.34. The van der Waals surface area contributed by atoms with E-state index in [0.717, 1.165) is 29.7 Å². The Kier molecular flexibility index (Phi) is 3.23. The molecule has 0 unspecified atom stereocenters. The Morgan fingerprint density at radius 1 is 1.57 bits per heavy atom. The molecule has 0 amide bonds. The number of hydrogen-bond acceptors (Lipinski definition) is 3. The first-order chi connectivity index (χ1) is 6.75. The highest BCUT2D eigenvalue weighted by atomic mass is 79.9.